The zero-order chi connectivity index (χ0) is 13.9. The lowest BCUT2D eigenvalue weighted by Crippen LogP contribution is -2.14. The van der Waals surface area contributed by atoms with Crippen LogP contribution in [-0.4, -0.2) is 16.0 Å². The van der Waals surface area contributed by atoms with E-state index in [9.17, 15) is 0 Å². The minimum absolute atomic E-state index is 0.487. The Morgan fingerprint density at radius 2 is 1.47 bits per heavy atom. The van der Waals surface area contributed by atoms with E-state index >= 15 is 0 Å². The molecule has 6 heteroatoms. The highest BCUT2D eigenvalue weighted by Gasteiger charge is 2.25. The van der Waals surface area contributed by atoms with Crippen molar-refractivity contribution < 1.29 is 0 Å². The predicted molar refractivity (Wildman–Crippen MR) is 83.9 cm³/mol. The second kappa shape index (κ2) is 6.22. The Balaban J connectivity index is 2.32. The molecule has 0 unspecified atom stereocenters. The van der Waals surface area contributed by atoms with Gasteiger partial charge in [0.1, 0.15) is 0 Å². The minimum Gasteiger partial charge on any atom is -0.255 e. The molecule has 0 fully saturated rings. The molecule has 0 aliphatic rings. The summed E-state index contributed by atoms with van der Waals surface area (Å²) in [6.45, 7) is 2.11. The van der Waals surface area contributed by atoms with E-state index in [1.807, 2.05) is 24.3 Å². The maximum atomic E-state index is 5.95. The summed E-state index contributed by atoms with van der Waals surface area (Å²) >= 11 is 17.8. The van der Waals surface area contributed by atoms with Crippen molar-refractivity contribution in [3.63, 3.8) is 0 Å². The van der Waals surface area contributed by atoms with Crippen LogP contribution in [0.4, 0.5) is 0 Å². The molecule has 2 aromatic rings. The molecule has 0 aliphatic heterocycles. The second-order valence-corrected chi connectivity index (χ2v) is 13.4. The van der Waals surface area contributed by atoms with E-state index in [2.05, 4.69) is 16.9 Å². The fraction of sp³-hybridized carbons (Fsp3) is 0.231. The molecule has 2 nitrogen and oxygen atoms in total. The van der Waals surface area contributed by atoms with Crippen LogP contribution in [0.5, 0.6) is 0 Å². The maximum absolute atomic E-state index is 5.95. The van der Waals surface area contributed by atoms with Crippen molar-refractivity contribution in [2.24, 2.45) is 0 Å². The molecule has 0 N–H and O–H groups in total. The third-order valence-electron chi connectivity index (χ3n) is 2.72. The zero-order valence-electron chi connectivity index (χ0n) is 10.4. The molecule has 0 saturated carbocycles. The summed E-state index contributed by atoms with van der Waals surface area (Å²) in [5, 5.41) is 0. The molecule has 0 aliphatic carbocycles. The van der Waals surface area contributed by atoms with Crippen LogP contribution in [0, 0.1) is 0 Å². The van der Waals surface area contributed by atoms with E-state index in [1.165, 1.54) is 5.56 Å². The highest BCUT2D eigenvalue weighted by Crippen LogP contribution is 2.26. The summed E-state index contributed by atoms with van der Waals surface area (Å²) < 4.78 is 0. The molecule has 0 spiro atoms. The Morgan fingerprint density at radius 1 is 0.947 bits per heavy atom. The summed E-state index contributed by atoms with van der Waals surface area (Å²) in [7, 11) is 0. The Bertz CT molecular complexity index is 570. The van der Waals surface area contributed by atoms with E-state index in [0.29, 0.717) is 6.04 Å². The Hall–Kier alpha value is -0.613. The third kappa shape index (κ3) is 4.46. The largest absolute Gasteiger partial charge is 0.345 e. The Labute approximate surface area is 127 Å². The number of nitrogens with zero attached hydrogens (tertiary/aromatic N) is 2. The fourth-order valence-electron chi connectivity index (χ4n) is 1.79. The van der Waals surface area contributed by atoms with Crippen molar-refractivity contribution in [2.75, 3.05) is 0 Å². The van der Waals surface area contributed by atoms with Gasteiger partial charge in [0, 0.05) is 18.4 Å². The number of pyridine rings is 2. The standard InChI is InChI=1S/C13H13Cl3N2Si/c1-2-10-3-5-17-12(7-10)13-8-11(4-6-18-13)9-19(14,15)16/h3-8H,2,9H2,1H3. The van der Waals surface area contributed by atoms with Crippen LogP contribution in [0.25, 0.3) is 11.4 Å². The van der Waals surface area contributed by atoms with Crippen LogP contribution in [0.1, 0.15) is 18.1 Å². The van der Waals surface area contributed by atoms with Crippen LogP contribution < -0.4 is 0 Å². The van der Waals surface area contributed by atoms with Gasteiger partial charge >= 0.3 is 6.00 Å². The van der Waals surface area contributed by atoms with E-state index in [4.69, 9.17) is 33.2 Å². The molecule has 0 radical (unpaired) electrons. The molecular weight excluding hydrogens is 319 g/mol. The molecule has 2 aromatic heterocycles. The highest BCUT2D eigenvalue weighted by atomic mass is 35.8. The smallest absolute Gasteiger partial charge is 0.255 e. The number of halogens is 3. The summed E-state index contributed by atoms with van der Waals surface area (Å²) in [5.74, 6) is 0. The molecule has 0 saturated heterocycles. The summed E-state index contributed by atoms with van der Waals surface area (Å²) in [4.78, 5) is 8.68. The van der Waals surface area contributed by atoms with Gasteiger partial charge in [0.25, 0.3) is 0 Å². The first-order valence-corrected chi connectivity index (χ1v) is 11.2. The van der Waals surface area contributed by atoms with Gasteiger partial charge in [-0.2, -0.15) is 0 Å². The Kier molecular flexibility index (Phi) is 4.85. The molecule has 2 heterocycles. The lowest BCUT2D eigenvalue weighted by atomic mass is 10.1. The molecule has 2 rings (SSSR count). The summed E-state index contributed by atoms with van der Waals surface area (Å²) in [6.07, 6.45) is 4.50. The van der Waals surface area contributed by atoms with E-state index in [1.54, 1.807) is 12.4 Å². The first kappa shape index (κ1) is 14.8. The first-order valence-electron chi connectivity index (χ1n) is 5.95. The fourth-order valence-corrected chi connectivity index (χ4v) is 3.86. The first-order chi connectivity index (χ1) is 8.98. The van der Waals surface area contributed by atoms with Gasteiger partial charge in [0.05, 0.1) is 11.4 Å². The van der Waals surface area contributed by atoms with Gasteiger partial charge in [-0.3, -0.25) is 9.97 Å². The lowest BCUT2D eigenvalue weighted by Gasteiger charge is -2.09. The van der Waals surface area contributed by atoms with Gasteiger partial charge in [-0.05, 0) is 41.8 Å². The van der Waals surface area contributed by atoms with Crippen molar-refractivity contribution in [3.05, 3.63) is 47.8 Å². The second-order valence-electron chi connectivity index (χ2n) is 4.24. The van der Waals surface area contributed by atoms with Crippen LogP contribution in [0.3, 0.4) is 0 Å². The van der Waals surface area contributed by atoms with E-state index < -0.39 is 6.00 Å². The SMILES string of the molecule is CCc1ccnc(-c2cc(C[Si](Cl)(Cl)Cl)ccn2)c1. The van der Waals surface area contributed by atoms with Gasteiger partial charge in [-0.1, -0.05) is 6.92 Å². The average molecular weight is 332 g/mol. The molecule has 19 heavy (non-hydrogen) atoms. The van der Waals surface area contributed by atoms with Gasteiger partial charge in [-0.25, -0.2) is 0 Å². The van der Waals surface area contributed by atoms with Gasteiger partial charge in [0.15, 0.2) is 0 Å². The summed E-state index contributed by atoms with van der Waals surface area (Å²) in [5.41, 5.74) is 3.89. The van der Waals surface area contributed by atoms with Crippen LogP contribution in [0.15, 0.2) is 36.7 Å². The van der Waals surface area contributed by atoms with Crippen LogP contribution in [0.2, 0.25) is 0 Å². The predicted octanol–water partition coefficient (Wildman–Crippen LogP) is 4.44. The highest BCUT2D eigenvalue weighted by molar-refractivity contribution is 7.64. The number of rotatable bonds is 4. The van der Waals surface area contributed by atoms with Crippen molar-refractivity contribution in [3.8, 4) is 11.4 Å². The zero-order valence-corrected chi connectivity index (χ0v) is 13.7. The average Bonchev–Trinajstić information content (AvgIpc) is 2.37. The van der Waals surface area contributed by atoms with E-state index in [-0.39, 0.29) is 0 Å². The maximum Gasteiger partial charge on any atom is 0.345 e. The monoisotopic (exact) mass is 330 g/mol. The van der Waals surface area contributed by atoms with Gasteiger partial charge < -0.3 is 0 Å². The third-order valence-corrected chi connectivity index (χ3v) is 4.74. The number of aryl methyl sites for hydroxylation is 1. The molecule has 0 atom stereocenters. The molecule has 0 bridgehead atoms. The van der Waals surface area contributed by atoms with Crippen molar-refractivity contribution in [2.45, 2.75) is 19.4 Å². The van der Waals surface area contributed by atoms with Crippen LogP contribution >= 0.6 is 33.2 Å². The quantitative estimate of drug-likeness (QED) is 0.611. The van der Waals surface area contributed by atoms with Gasteiger partial charge in [-0.15, -0.1) is 33.2 Å². The van der Waals surface area contributed by atoms with Gasteiger partial charge in [0.2, 0.25) is 0 Å². The van der Waals surface area contributed by atoms with Crippen molar-refractivity contribution in [1.29, 1.82) is 0 Å². The normalized spacial score (nSPS) is 11.6. The van der Waals surface area contributed by atoms with E-state index in [0.717, 1.165) is 23.4 Å². The molecule has 0 aromatic carbocycles. The Morgan fingerprint density at radius 3 is 2.00 bits per heavy atom. The van der Waals surface area contributed by atoms with Crippen LogP contribution in [-0.2, 0) is 12.5 Å². The summed E-state index contributed by atoms with van der Waals surface area (Å²) in [6, 6.07) is 5.68. The molecule has 0 amide bonds. The number of aromatic nitrogens is 2. The lowest BCUT2D eigenvalue weighted by molar-refractivity contribution is 1.11. The molecule has 100 valence electrons. The number of hydrogen-bond acceptors (Lipinski definition) is 2. The molecular formula is C13H13Cl3N2Si. The van der Waals surface area contributed by atoms with Crippen molar-refractivity contribution in [1.82, 2.24) is 9.97 Å². The topological polar surface area (TPSA) is 25.8 Å². The minimum atomic E-state index is -2.67. The van der Waals surface area contributed by atoms with Crippen molar-refractivity contribution >= 4 is 39.2 Å². The number of hydrogen-bond donors (Lipinski definition) is 0.